The number of nitrogens with two attached hydrogens (primary N) is 1. The lowest BCUT2D eigenvalue weighted by molar-refractivity contribution is -0.137. The number of benzene rings is 2. The summed E-state index contributed by atoms with van der Waals surface area (Å²) in [5.41, 5.74) is 3.88. The van der Waals surface area contributed by atoms with Crippen molar-refractivity contribution in [2.24, 2.45) is 5.73 Å². The fourth-order valence-electron chi connectivity index (χ4n) is 7.10. The van der Waals surface area contributed by atoms with E-state index in [1.807, 2.05) is 0 Å². The van der Waals surface area contributed by atoms with E-state index in [0.29, 0.717) is 24.1 Å². The van der Waals surface area contributed by atoms with Crippen molar-refractivity contribution in [1.29, 1.82) is 5.26 Å². The molecule has 11 heteroatoms. The molecule has 558 valence electrons. The van der Waals surface area contributed by atoms with Crippen LogP contribution >= 0.6 is 12.2 Å². The maximum absolute atomic E-state index is 13.5. The van der Waals surface area contributed by atoms with E-state index in [4.69, 9.17) is 36.2 Å². The molecule has 0 unspecified atom stereocenters. The van der Waals surface area contributed by atoms with Crippen molar-refractivity contribution in [3.05, 3.63) is 65.0 Å². The number of nitriles is 1. The second kappa shape index (κ2) is 70.5. The summed E-state index contributed by atoms with van der Waals surface area (Å²) in [4.78, 5) is 30.3. The summed E-state index contributed by atoms with van der Waals surface area (Å²) in [5, 5.41) is 8.29. The van der Waals surface area contributed by atoms with Gasteiger partial charge in [-0.05, 0) is 109 Å². The molecule has 2 fully saturated rings. The minimum absolute atomic E-state index is 0.0288. The van der Waals surface area contributed by atoms with E-state index in [2.05, 4.69) is 567 Å². The summed E-state index contributed by atoms with van der Waals surface area (Å²) in [7, 11) is 0. The molecule has 1 heterocycles. The van der Waals surface area contributed by atoms with Crippen LogP contribution in [0.5, 0.6) is 0 Å². The Labute approximate surface area is 762 Å². The summed E-state index contributed by atoms with van der Waals surface area (Å²) in [5.74, 6) is 234. The fourth-order valence-corrected chi connectivity index (χ4v) is 7.57. The first-order valence-corrected chi connectivity index (χ1v) is 34.4. The van der Waals surface area contributed by atoms with Crippen LogP contribution in [-0.4, -0.2) is 22.5 Å². The van der Waals surface area contributed by atoms with Crippen molar-refractivity contribution < 1.29 is 22.8 Å². The number of hydrogen-bond donors (Lipinski definition) is 1. The third-order valence-corrected chi connectivity index (χ3v) is 12.1. The molecular weight excluding hydrogens is 1620 g/mol. The van der Waals surface area contributed by atoms with Gasteiger partial charge in [0.15, 0.2) is 16.9 Å². The highest BCUT2D eigenvalue weighted by atomic mass is 32.1. The van der Waals surface area contributed by atoms with Crippen LogP contribution in [0.1, 0.15) is 30.4 Å². The Hall–Kier alpha value is -25.1. The Morgan fingerprint density at radius 2 is 0.538 bits per heavy atom. The highest BCUT2D eigenvalue weighted by molar-refractivity contribution is 7.81. The van der Waals surface area contributed by atoms with Crippen LogP contribution in [0.2, 0.25) is 0 Å². The molecule has 2 aliphatic rings. The molecule has 130 heavy (non-hydrogen) atoms. The number of primary amides is 1. The van der Waals surface area contributed by atoms with Gasteiger partial charge in [-0.25, -0.2) is 4.85 Å². The third-order valence-electron chi connectivity index (χ3n) is 11.8. The van der Waals surface area contributed by atoms with Gasteiger partial charge in [0.05, 0.1) is 18.6 Å². The van der Waals surface area contributed by atoms with Gasteiger partial charge in [-0.2, -0.15) is 18.4 Å². The van der Waals surface area contributed by atoms with Gasteiger partial charge in [0.1, 0.15) is 5.54 Å². The molecule has 2 aromatic rings. The maximum atomic E-state index is 13.5. The number of hydrogen-bond acceptors (Lipinski definition) is 4. The summed E-state index contributed by atoms with van der Waals surface area (Å²) in [6.07, 6.45) is 2.07. The Balaban J connectivity index is 0.00000112. The minimum atomic E-state index is -4.75. The first-order chi connectivity index (χ1) is 64.0. The Kier molecular flexibility index (Phi) is 53.8. The van der Waals surface area contributed by atoms with E-state index < -0.39 is 34.8 Å². The predicted octanol–water partition coefficient (Wildman–Crippen LogP) is 4.65. The minimum Gasteiger partial charge on any atom is -0.369 e. The van der Waals surface area contributed by atoms with E-state index in [1.165, 1.54) is 6.07 Å². The van der Waals surface area contributed by atoms with Crippen molar-refractivity contribution in [3.8, 4) is 575 Å². The summed E-state index contributed by atoms with van der Waals surface area (Å²) >= 11 is 5.57. The Morgan fingerprint density at radius 3 is 0.700 bits per heavy atom. The molecule has 2 N–H and O–H groups in total. The van der Waals surface area contributed by atoms with Gasteiger partial charge >= 0.3 is 6.18 Å². The molecule has 7 nitrogen and oxygen atoms in total. The van der Waals surface area contributed by atoms with Crippen LogP contribution < -0.4 is 15.5 Å². The van der Waals surface area contributed by atoms with Crippen molar-refractivity contribution >= 4 is 46.2 Å². The van der Waals surface area contributed by atoms with Crippen LogP contribution in [0.15, 0.2) is 42.5 Å². The van der Waals surface area contributed by atoms with Crippen LogP contribution in [0.3, 0.4) is 0 Å². The summed E-state index contributed by atoms with van der Waals surface area (Å²) in [6, 6.07) is 11.6. The molecule has 0 radical (unpaired) electrons. The van der Waals surface area contributed by atoms with Crippen LogP contribution in [0, 0.1) is 587 Å². The number of halogens is 3. The lowest BCUT2D eigenvalue weighted by atomic mass is 9.75. The number of alkyl halides is 3. The summed E-state index contributed by atoms with van der Waals surface area (Å²) < 4.78 is 40.4. The molecule has 1 aliphatic carbocycles. The first-order valence-electron chi connectivity index (χ1n) is 34.0. The Bertz CT molecular complexity index is 8400. The average Bonchev–Trinajstić information content (AvgIpc) is 1.55. The predicted molar refractivity (Wildman–Crippen MR) is 496 cm³/mol. The van der Waals surface area contributed by atoms with Gasteiger partial charge in [0, 0.05) is 526 Å². The van der Waals surface area contributed by atoms with Crippen molar-refractivity contribution in [2.75, 3.05) is 9.80 Å². The van der Waals surface area contributed by atoms with Gasteiger partial charge in [-0.3, -0.25) is 14.5 Å². The number of anilines is 2. The number of carbonyl (C=O) groups is 2. The molecular formula is C119H18F3N5O2S. The number of thiocarbonyl (C=S) groups is 1. The molecule has 1 spiro atoms. The van der Waals surface area contributed by atoms with E-state index in [1.54, 1.807) is 35.2 Å². The molecule has 2 aromatic carbocycles. The first kappa shape index (κ1) is 99.1. The normalized spacial score (nSPS) is 7.26. The average molecular weight is 1640 g/mol. The van der Waals surface area contributed by atoms with Gasteiger partial charge in [0.2, 0.25) is 5.91 Å². The molecule has 1 saturated heterocycles. The van der Waals surface area contributed by atoms with Gasteiger partial charge in [-0.15, -0.1) is 6.42 Å². The highest BCUT2D eigenvalue weighted by Gasteiger charge is 2.59. The molecule has 4 rings (SSSR count). The Morgan fingerprint density at radius 1 is 0.346 bits per heavy atom. The zero-order chi connectivity index (χ0) is 93.1. The fraction of sp³-hybridized carbons (Fsp3) is 0.0504. The molecule has 0 atom stereocenters. The number of amides is 2. The van der Waals surface area contributed by atoms with Gasteiger partial charge in [-0.1, -0.05) is 18.2 Å². The largest absolute Gasteiger partial charge is 0.407 e. The number of rotatable bonds is 4. The molecule has 1 aliphatic heterocycles. The lowest BCUT2D eigenvalue weighted by Gasteiger charge is -2.43. The zero-order valence-electron chi connectivity index (χ0n) is 65.7. The molecule has 0 bridgehead atoms. The van der Waals surface area contributed by atoms with Crippen molar-refractivity contribution in [2.45, 2.75) is 37.4 Å². The third kappa shape index (κ3) is 50.9. The quantitative estimate of drug-likeness (QED) is 0.274. The summed E-state index contributed by atoms with van der Waals surface area (Å²) in [6.45, 7) is 7.01. The SMILES string of the molecule is C#CC#CC#CC#CC#CC#CC#CC#CC#CC#CC#CC#CC#CC#CC#CC#CC#CC#CC#CC#CC#CC#CC#CC#CC#CC#CC#CC#CC#CC#CC#CC#CC#CC#CC#CC#CC#CC#CC#CC#CC#CC#CC#CC#CC#CC#CC#CC#CC#N.[C-]#[N+]c1ccc(N2C(=O)C3(CCC3)N(c3ccc(CC(N)=O)cc3)C2=S)cc1C(F)(F)F. The standard InChI is InChI=1S/C97HN.C22H17F3N4O2S/c1-2-3-4-5-6-7-8-9-10-11-12-13-14-15-16-17-18-19-20-21-22-23-24-25-26-27-28-29-30-31-32-33-34-35-36-37-38-39-40-41-42-43-44-45-46-47-48-49-50-51-52-53-54-55-56-57-58-59-60-61-62-63-64-65-66-67-68-69-70-71-72-73-74-75-76-77-78-79-80-81-82-83-84-85-86-87-88-89-90-91-92-93-94-95-96-97-98;1-27-17-8-7-15(12-16(17)22(23,24)25)28-19(31)21(9-2-10-21)29(20(28)32)14-5-3-13(4-6-14)11-18(26)30/h1H;3-8,12H,2,9-11H2,(H2,26,30). The van der Waals surface area contributed by atoms with Crippen molar-refractivity contribution in [3.63, 3.8) is 0 Å². The molecule has 0 aromatic heterocycles. The zero-order valence-corrected chi connectivity index (χ0v) is 66.5. The van der Waals surface area contributed by atoms with E-state index in [-0.39, 0.29) is 17.2 Å². The molecule has 1 saturated carbocycles. The molecule has 2 amide bonds. The second-order valence-corrected chi connectivity index (χ2v) is 20.1. The number of terminal acetylenes is 1. The van der Waals surface area contributed by atoms with Crippen molar-refractivity contribution in [1.82, 2.24) is 0 Å². The van der Waals surface area contributed by atoms with E-state index in [0.717, 1.165) is 23.5 Å². The van der Waals surface area contributed by atoms with Crippen LogP contribution in [-0.2, 0) is 22.2 Å². The number of carbonyl (C=O) groups excluding carboxylic acids is 2. The second-order valence-electron chi connectivity index (χ2n) is 19.8. The van der Waals surface area contributed by atoms with Crippen LogP contribution in [0.25, 0.3) is 4.85 Å². The maximum Gasteiger partial charge on any atom is 0.407 e. The van der Waals surface area contributed by atoms with Gasteiger partial charge < -0.3 is 10.6 Å². The van der Waals surface area contributed by atoms with E-state index in [9.17, 15) is 22.8 Å². The highest BCUT2D eigenvalue weighted by Crippen LogP contribution is 2.49. The van der Waals surface area contributed by atoms with Crippen LogP contribution in [0.4, 0.5) is 30.2 Å². The van der Waals surface area contributed by atoms with E-state index >= 15 is 0 Å². The topological polar surface area (TPSA) is 94.8 Å². The number of nitrogens with zero attached hydrogens (tertiary/aromatic N) is 4. The monoisotopic (exact) mass is 1640 g/mol. The lowest BCUT2D eigenvalue weighted by Crippen LogP contribution is -2.55. The van der Waals surface area contributed by atoms with Gasteiger partial charge in [0.25, 0.3) is 5.91 Å². The smallest absolute Gasteiger partial charge is 0.369 e.